The minimum absolute atomic E-state index is 0.0835. The normalized spacial score (nSPS) is 15.2. The maximum atomic E-state index is 12.2. The number of carbonyl (C=O) groups is 1. The summed E-state index contributed by atoms with van der Waals surface area (Å²) in [5, 5.41) is 23.4. The Hall–Kier alpha value is -2.42. The Morgan fingerprint density at radius 3 is 3.12 bits per heavy atom. The van der Waals surface area contributed by atoms with Gasteiger partial charge in [0, 0.05) is 11.1 Å². The summed E-state index contributed by atoms with van der Waals surface area (Å²) < 4.78 is 1.86. The summed E-state index contributed by atoms with van der Waals surface area (Å²) in [5.41, 5.74) is 1.64. The quantitative estimate of drug-likeness (QED) is 0.690. The van der Waals surface area contributed by atoms with Crippen LogP contribution in [0.4, 0.5) is 5.69 Å². The number of carbonyl (C=O) groups excluding carboxylic acids is 1. The van der Waals surface area contributed by atoms with Gasteiger partial charge in [0.2, 0.25) is 11.1 Å². The number of hydrogen-bond donors (Lipinski definition) is 2. The molecule has 124 valence electrons. The second-order valence-corrected chi connectivity index (χ2v) is 6.80. The summed E-state index contributed by atoms with van der Waals surface area (Å²) >= 11 is 1.37. The van der Waals surface area contributed by atoms with Gasteiger partial charge in [-0.15, -0.1) is 5.10 Å². The zero-order valence-electron chi connectivity index (χ0n) is 13.0. The number of rotatable bonds is 5. The van der Waals surface area contributed by atoms with Gasteiger partial charge in [-0.1, -0.05) is 24.6 Å². The first-order chi connectivity index (χ1) is 11.8. The summed E-state index contributed by atoms with van der Waals surface area (Å²) in [4.78, 5) is 12.2. The molecule has 0 radical (unpaired) electrons. The minimum Gasteiger partial charge on any atom is -0.325 e. The molecule has 1 saturated carbocycles. The number of anilines is 1. The Morgan fingerprint density at radius 2 is 2.25 bits per heavy atom. The third-order valence-corrected chi connectivity index (χ3v) is 5.12. The summed E-state index contributed by atoms with van der Waals surface area (Å²) in [6.07, 6.45) is 6.39. The molecule has 24 heavy (non-hydrogen) atoms. The van der Waals surface area contributed by atoms with E-state index in [1.54, 1.807) is 6.20 Å². The number of benzene rings is 1. The molecular weight excluding hydrogens is 326 g/mol. The lowest BCUT2D eigenvalue weighted by atomic mass is 10.2. The highest BCUT2D eigenvalue weighted by Gasteiger charge is 2.22. The van der Waals surface area contributed by atoms with Crippen LogP contribution in [0.3, 0.4) is 0 Å². The van der Waals surface area contributed by atoms with Crippen molar-refractivity contribution in [1.82, 2.24) is 30.4 Å². The first-order valence-corrected chi connectivity index (χ1v) is 8.92. The third kappa shape index (κ3) is 3.12. The van der Waals surface area contributed by atoms with Crippen LogP contribution in [0.2, 0.25) is 0 Å². The summed E-state index contributed by atoms with van der Waals surface area (Å²) in [6.45, 7) is 0. The van der Waals surface area contributed by atoms with Gasteiger partial charge >= 0.3 is 0 Å². The standard InChI is InChI=1S/C15H17N7OS/c23-14(17-11-6-5-10-8-16-18-13(10)7-11)9-24-15-19-20-21-22(15)12-3-1-2-4-12/h5-8,12H,1-4,9H2,(H,16,18)(H,17,23). The second-order valence-electron chi connectivity index (χ2n) is 5.85. The number of nitrogens with zero attached hydrogens (tertiary/aromatic N) is 5. The predicted octanol–water partition coefficient (Wildman–Crippen LogP) is 2.40. The van der Waals surface area contributed by atoms with Gasteiger partial charge in [-0.05, 0) is 41.5 Å². The minimum atomic E-state index is -0.0835. The van der Waals surface area contributed by atoms with Crippen molar-refractivity contribution in [2.75, 3.05) is 11.1 Å². The van der Waals surface area contributed by atoms with Gasteiger partial charge in [0.05, 0.1) is 23.5 Å². The van der Waals surface area contributed by atoms with Crippen molar-refractivity contribution in [3.63, 3.8) is 0 Å². The fourth-order valence-corrected chi connectivity index (χ4v) is 3.74. The van der Waals surface area contributed by atoms with Crippen molar-refractivity contribution in [3.05, 3.63) is 24.4 Å². The highest BCUT2D eigenvalue weighted by molar-refractivity contribution is 7.99. The van der Waals surface area contributed by atoms with E-state index < -0.39 is 0 Å². The zero-order chi connectivity index (χ0) is 16.4. The zero-order valence-corrected chi connectivity index (χ0v) is 13.8. The average molecular weight is 343 g/mol. The smallest absolute Gasteiger partial charge is 0.234 e. The summed E-state index contributed by atoms with van der Waals surface area (Å²) in [7, 11) is 0. The van der Waals surface area contributed by atoms with Crippen molar-refractivity contribution in [1.29, 1.82) is 0 Å². The molecule has 0 atom stereocenters. The van der Waals surface area contributed by atoms with Crippen molar-refractivity contribution >= 4 is 34.3 Å². The van der Waals surface area contributed by atoms with Crippen molar-refractivity contribution < 1.29 is 4.79 Å². The Kier molecular flexibility index (Phi) is 4.16. The molecule has 8 nitrogen and oxygen atoms in total. The van der Waals surface area contributed by atoms with Crippen LogP contribution in [0, 0.1) is 0 Å². The molecule has 0 spiro atoms. The van der Waals surface area contributed by atoms with E-state index in [1.165, 1.54) is 24.6 Å². The largest absolute Gasteiger partial charge is 0.325 e. The lowest BCUT2D eigenvalue weighted by Gasteiger charge is -2.10. The van der Waals surface area contributed by atoms with E-state index in [-0.39, 0.29) is 11.7 Å². The number of hydrogen-bond acceptors (Lipinski definition) is 6. The molecular formula is C15H17N7OS. The van der Waals surface area contributed by atoms with Crippen LogP contribution in [0.15, 0.2) is 29.6 Å². The van der Waals surface area contributed by atoms with Gasteiger partial charge in [0.15, 0.2) is 0 Å². The van der Waals surface area contributed by atoms with Gasteiger partial charge in [-0.3, -0.25) is 9.89 Å². The number of H-pyrrole nitrogens is 1. The highest BCUT2D eigenvalue weighted by atomic mass is 32.2. The van der Waals surface area contributed by atoms with Crippen LogP contribution in [0.25, 0.3) is 10.9 Å². The number of tetrazole rings is 1. The number of thioether (sulfide) groups is 1. The van der Waals surface area contributed by atoms with Crippen LogP contribution in [0.5, 0.6) is 0 Å². The number of aromatic amines is 1. The van der Waals surface area contributed by atoms with Crippen molar-refractivity contribution in [3.8, 4) is 0 Å². The average Bonchev–Trinajstić information content (AvgIpc) is 3.32. The van der Waals surface area contributed by atoms with Crippen LogP contribution in [-0.2, 0) is 4.79 Å². The molecule has 0 aliphatic heterocycles. The molecule has 9 heteroatoms. The first-order valence-electron chi connectivity index (χ1n) is 7.93. The Balaban J connectivity index is 1.37. The first kappa shape index (κ1) is 15.1. The SMILES string of the molecule is O=C(CSc1nnnn1C1CCCC1)Nc1ccc2cn[nH]c2c1. The Morgan fingerprint density at radius 1 is 1.38 bits per heavy atom. The molecule has 1 aliphatic rings. The van der Waals surface area contributed by atoms with Gasteiger partial charge in [-0.2, -0.15) is 5.10 Å². The van der Waals surface area contributed by atoms with E-state index in [0.29, 0.717) is 11.2 Å². The lowest BCUT2D eigenvalue weighted by Crippen LogP contribution is -2.15. The van der Waals surface area contributed by atoms with E-state index >= 15 is 0 Å². The van der Waals surface area contributed by atoms with Crippen LogP contribution < -0.4 is 5.32 Å². The second kappa shape index (κ2) is 6.60. The summed E-state index contributed by atoms with van der Waals surface area (Å²) in [5.74, 6) is 0.188. The highest BCUT2D eigenvalue weighted by Crippen LogP contribution is 2.31. The number of aromatic nitrogens is 6. The molecule has 2 aromatic heterocycles. The van der Waals surface area contributed by atoms with Crippen LogP contribution >= 0.6 is 11.8 Å². The molecule has 0 unspecified atom stereocenters. The van der Waals surface area contributed by atoms with Crippen LogP contribution in [0.1, 0.15) is 31.7 Å². The predicted molar refractivity (Wildman–Crippen MR) is 90.8 cm³/mol. The monoisotopic (exact) mass is 343 g/mol. The lowest BCUT2D eigenvalue weighted by molar-refractivity contribution is -0.113. The van der Waals surface area contributed by atoms with E-state index in [1.807, 2.05) is 22.9 Å². The molecule has 1 fully saturated rings. The van der Waals surface area contributed by atoms with E-state index in [4.69, 9.17) is 0 Å². The van der Waals surface area contributed by atoms with E-state index in [9.17, 15) is 4.79 Å². The van der Waals surface area contributed by atoms with Gasteiger partial charge in [0.1, 0.15) is 0 Å². The maximum absolute atomic E-state index is 12.2. The number of nitrogens with one attached hydrogen (secondary N) is 2. The molecule has 0 bridgehead atoms. The molecule has 1 amide bonds. The van der Waals surface area contributed by atoms with Gasteiger partial charge in [0.25, 0.3) is 0 Å². The van der Waals surface area contributed by atoms with Crippen molar-refractivity contribution in [2.45, 2.75) is 36.9 Å². The topological polar surface area (TPSA) is 101 Å². The molecule has 2 heterocycles. The summed E-state index contributed by atoms with van der Waals surface area (Å²) in [6, 6.07) is 6.02. The Labute approximate surface area is 142 Å². The van der Waals surface area contributed by atoms with E-state index in [2.05, 4.69) is 31.0 Å². The van der Waals surface area contributed by atoms with Gasteiger partial charge < -0.3 is 5.32 Å². The Bertz CT molecular complexity index is 852. The molecule has 1 aliphatic carbocycles. The fourth-order valence-electron chi connectivity index (χ4n) is 3.00. The van der Waals surface area contributed by atoms with Gasteiger partial charge in [-0.25, -0.2) is 4.68 Å². The molecule has 1 aromatic carbocycles. The number of amides is 1. The van der Waals surface area contributed by atoms with Crippen molar-refractivity contribution in [2.24, 2.45) is 0 Å². The number of fused-ring (bicyclic) bond motifs is 1. The fraction of sp³-hybridized carbons (Fsp3) is 0.400. The maximum Gasteiger partial charge on any atom is 0.234 e. The van der Waals surface area contributed by atoms with E-state index in [0.717, 1.165) is 29.4 Å². The molecule has 4 rings (SSSR count). The van der Waals surface area contributed by atoms with Crippen LogP contribution in [-0.4, -0.2) is 42.1 Å². The molecule has 3 aromatic rings. The molecule has 0 saturated heterocycles. The molecule has 2 N–H and O–H groups in total. The third-order valence-electron chi connectivity index (χ3n) is 4.19.